The fourth-order valence-electron chi connectivity index (χ4n) is 1.95. The van der Waals surface area contributed by atoms with Crippen LogP contribution in [0.1, 0.15) is 17.4 Å². The van der Waals surface area contributed by atoms with Gasteiger partial charge in [0.25, 0.3) is 0 Å². The first-order valence-corrected chi connectivity index (χ1v) is 7.15. The number of halogens is 1. The number of nitrogens with one attached hydrogen (secondary N) is 1. The molecule has 0 fully saturated rings. The van der Waals surface area contributed by atoms with Gasteiger partial charge in [0.15, 0.2) is 0 Å². The first-order valence-electron chi connectivity index (χ1n) is 6.33. The van der Waals surface area contributed by atoms with E-state index in [9.17, 15) is 0 Å². The summed E-state index contributed by atoms with van der Waals surface area (Å²) in [5, 5.41) is 4.47. The summed E-state index contributed by atoms with van der Waals surface area (Å²) in [4.78, 5) is 11.1. The van der Waals surface area contributed by atoms with Crippen LogP contribution in [0.25, 0.3) is 10.2 Å². The molecule has 0 atom stereocenters. The monoisotopic (exact) mass is 305 g/mol. The van der Waals surface area contributed by atoms with Gasteiger partial charge in [-0.1, -0.05) is 24.6 Å². The van der Waals surface area contributed by atoms with Gasteiger partial charge in [0, 0.05) is 10.6 Å². The van der Waals surface area contributed by atoms with Crippen molar-refractivity contribution in [1.29, 1.82) is 0 Å². The SMILES string of the molecule is CCc1cc2c(Nc3ccc(C)cc3)ncnc2s1.Cl. The second-order valence-electron chi connectivity index (χ2n) is 4.50. The second-order valence-corrected chi connectivity index (χ2v) is 5.61. The summed E-state index contributed by atoms with van der Waals surface area (Å²) >= 11 is 1.73. The van der Waals surface area contributed by atoms with Crippen LogP contribution < -0.4 is 5.32 Å². The summed E-state index contributed by atoms with van der Waals surface area (Å²) in [6.07, 6.45) is 2.65. The Morgan fingerprint density at radius 3 is 2.60 bits per heavy atom. The molecule has 0 spiro atoms. The first-order chi connectivity index (χ1) is 9.26. The first kappa shape index (κ1) is 14.8. The van der Waals surface area contributed by atoms with Crippen LogP contribution in [0.4, 0.5) is 11.5 Å². The summed E-state index contributed by atoms with van der Waals surface area (Å²) < 4.78 is 0. The summed E-state index contributed by atoms with van der Waals surface area (Å²) in [5.74, 6) is 0.879. The molecule has 0 bridgehead atoms. The van der Waals surface area contributed by atoms with E-state index < -0.39 is 0 Å². The molecule has 104 valence electrons. The van der Waals surface area contributed by atoms with Crippen molar-refractivity contribution in [2.45, 2.75) is 20.3 Å². The molecule has 0 aliphatic carbocycles. The van der Waals surface area contributed by atoms with Crippen LogP contribution in [0.2, 0.25) is 0 Å². The van der Waals surface area contributed by atoms with Crippen molar-refractivity contribution >= 4 is 45.5 Å². The molecule has 3 nitrogen and oxygen atoms in total. The molecule has 0 unspecified atom stereocenters. The van der Waals surface area contributed by atoms with E-state index in [0.717, 1.165) is 28.1 Å². The van der Waals surface area contributed by atoms with Gasteiger partial charge in [0.1, 0.15) is 17.0 Å². The van der Waals surface area contributed by atoms with Crippen molar-refractivity contribution in [2.75, 3.05) is 5.32 Å². The van der Waals surface area contributed by atoms with Gasteiger partial charge >= 0.3 is 0 Å². The average Bonchev–Trinajstić information content (AvgIpc) is 2.85. The topological polar surface area (TPSA) is 37.8 Å². The van der Waals surface area contributed by atoms with Gasteiger partial charge in [-0.15, -0.1) is 23.7 Å². The number of anilines is 2. The van der Waals surface area contributed by atoms with Crippen LogP contribution in [0.5, 0.6) is 0 Å². The van der Waals surface area contributed by atoms with E-state index in [1.54, 1.807) is 17.7 Å². The number of benzene rings is 1. The Morgan fingerprint density at radius 2 is 1.90 bits per heavy atom. The maximum atomic E-state index is 4.36. The van der Waals surface area contributed by atoms with Gasteiger partial charge in [-0.2, -0.15) is 0 Å². The van der Waals surface area contributed by atoms with E-state index in [2.05, 4.69) is 59.5 Å². The minimum atomic E-state index is 0. The molecule has 2 heterocycles. The lowest BCUT2D eigenvalue weighted by atomic mass is 10.2. The van der Waals surface area contributed by atoms with Crippen LogP contribution in [-0.4, -0.2) is 9.97 Å². The maximum Gasteiger partial charge on any atom is 0.142 e. The van der Waals surface area contributed by atoms with E-state index in [0.29, 0.717) is 0 Å². The van der Waals surface area contributed by atoms with Gasteiger partial charge in [0.2, 0.25) is 0 Å². The minimum Gasteiger partial charge on any atom is -0.340 e. The van der Waals surface area contributed by atoms with Crippen LogP contribution >= 0.6 is 23.7 Å². The van der Waals surface area contributed by atoms with Gasteiger partial charge in [-0.05, 0) is 31.5 Å². The molecule has 0 radical (unpaired) electrons. The summed E-state index contributed by atoms with van der Waals surface area (Å²) in [6, 6.07) is 10.5. The molecule has 0 saturated heterocycles. The van der Waals surface area contributed by atoms with Crippen molar-refractivity contribution < 1.29 is 0 Å². The largest absolute Gasteiger partial charge is 0.340 e. The average molecular weight is 306 g/mol. The molecule has 2 aromatic heterocycles. The number of rotatable bonds is 3. The highest BCUT2D eigenvalue weighted by Gasteiger charge is 2.07. The Bertz CT molecular complexity index is 707. The number of nitrogens with zero attached hydrogens (tertiary/aromatic N) is 2. The third-order valence-electron chi connectivity index (χ3n) is 3.04. The quantitative estimate of drug-likeness (QED) is 0.760. The molecule has 3 rings (SSSR count). The van der Waals surface area contributed by atoms with Crippen molar-refractivity contribution in [3.63, 3.8) is 0 Å². The molecule has 20 heavy (non-hydrogen) atoms. The Balaban J connectivity index is 0.00000147. The fourth-order valence-corrected chi connectivity index (χ4v) is 2.89. The van der Waals surface area contributed by atoms with Gasteiger partial charge in [-0.3, -0.25) is 0 Å². The number of hydrogen-bond donors (Lipinski definition) is 1. The normalized spacial score (nSPS) is 10.3. The Kier molecular flexibility index (Phi) is 4.57. The fraction of sp³-hybridized carbons (Fsp3) is 0.200. The van der Waals surface area contributed by atoms with Gasteiger partial charge < -0.3 is 5.32 Å². The van der Waals surface area contributed by atoms with E-state index in [4.69, 9.17) is 0 Å². The Labute approximate surface area is 128 Å². The van der Waals surface area contributed by atoms with Crippen molar-refractivity contribution in [1.82, 2.24) is 9.97 Å². The highest BCUT2D eigenvalue weighted by molar-refractivity contribution is 7.18. The number of aromatic nitrogens is 2. The van der Waals surface area contributed by atoms with Crippen LogP contribution in [0.15, 0.2) is 36.7 Å². The lowest BCUT2D eigenvalue weighted by molar-refractivity contribution is 1.19. The van der Waals surface area contributed by atoms with E-state index in [1.807, 2.05) is 0 Å². The predicted octanol–water partition coefficient (Wildman–Crippen LogP) is 4.73. The maximum absolute atomic E-state index is 4.36. The van der Waals surface area contributed by atoms with Crippen LogP contribution in [-0.2, 0) is 6.42 Å². The third kappa shape index (κ3) is 2.92. The highest BCUT2D eigenvalue weighted by Crippen LogP contribution is 2.30. The Hall–Kier alpha value is -1.65. The van der Waals surface area contributed by atoms with Crippen molar-refractivity contribution in [3.8, 4) is 0 Å². The summed E-state index contributed by atoms with van der Waals surface area (Å²) in [5.41, 5.74) is 2.30. The molecular weight excluding hydrogens is 290 g/mol. The van der Waals surface area contributed by atoms with E-state index in [-0.39, 0.29) is 12.4 Å². The third-order valence-corrected chi connectivity index (χ3v) is 4.23. The zero-order chi connectivity index (χ0) is 13.2. The molecule has 3 aromatic rings. The smallest absolute Gasteiger partial charge is 0.142 e. The van der Waals surface area contributed by atoms with Gasteiger partial charge in [-0.25, -0.2) is 9.97 Å². The minimum absolute atomic E-state index is 0. The molecule has 5 heteroatoms. The molecule has 0 aliphatic heterocycles. The number of fused-ring (bicyclic) bond motifs is 1. The lowest BCUT2D eigenvalue weighted by Gasteiger charge is -2.06. The van der Waals surface area contributed by atoms with E-state index in [1.165, 1.54) is 10.4 Å². The summed E-state index contributed by atoms with van der Waals surface area (Å²) in [7, 11) is 0. The molecule has 0 aliphatic rings. The summed E-state index contributed by atoms with van der Waals surface area (Å²) in [6.45, 7) is 4.24. The second kappa shape index (κ2) is 6.20. The standard InChI is InChI=1S/C15H15N3S.ClH/c1-3-12-8-13-14(16-9-17-15(13)19-12)18-11-6-4-10(2)5-7-11;/h4-9H,3H2,1-2H3,(H,16,17,18);1H. The molecule has 1 aromatic carbocycles. The highest BCUT2D eigenvalue weighted by atomic mass is 35.5. The van der Waals surface area contributed by atoms with E-state index >= 15 is 0 Å². The zero-order valence-electron chi connectivity index (χ0n) is 11.4. The van der Waals surface area contributed by atoms with Gasteiger partial charge in [0.05, 0.1) is 5.39 Å². The Morgan fingerprint density at radius 1 is 1.15 bits per heavy atom. The number of hydrogen-bond acceptors (Lipinski definition) is 4. The molecule has 1 N–H and O–H groups in total. The molecular formula is C15H16ClN3S. The molecule has 0 saturated carbocycles. The molecule has 0 amide bonds. The van der Waals surface area contributed by atoms with Crippen LogP contribution in [0, 0.1) is 6.92 Å². The van der Waals surface area contributed by atoms with Crippen LogP contribution in [0.3, 0.4) is 0 Å². The zero-order valence-corrected chi connectivity index (χ0v) is 13.0. The predicted molar refractivity (Wildman–Crippen MR) is 88.5 cm³/mol. The number of aryl methyl sites for hydroxylation is 2. The number of thiophene rings is 1. The lowest BCUT2D eigenvalue weighted by Crippen LogP contribution is -1.94. The van der Waals surface area contributed by atoms with Crippen molar-refractivity contribution in [3.05, 3.63) is 47.1 Å². The van der Waals surface area contributed by atoms with Crippen molar-refractivity contribution in [2.24, 2.45) is 0 Å².